The first-order valence-electron chi connectivity index (χ1n) is 5.83. The van der Waals surface area contributed by atoms with Gasteiger partial charge in [-0.2, -0.15) is 5.10 Å². The maximum absolute atomic E-state index is 14.0. The van der Waals surface area contributed by atoms with Gasteiger partial charge in [0.2, 0.25) is 0 Å². The number of hydrogen-bond donors (Lipinski definition) is 1. The maximum Gasteiger partial charge on any atom is 0.296 e. The van der Waals surface area contributed by atoms with Gasteiger partial charge in [-0.25, -0.2) is 4.39 Å². The zero-order chi connectivity index (χ0) is 14.4. The van der Waals surface area contributed by atoms with Gasteiger partial charge in [-0.3, -0.25) is 14.3 Å². The highest BCUT2D eigenvalue weighted by Gasteiger charge is 2.29. The largest absolute Gasteiger partial charge is 0.318 e. The summed E-state index contributed by atoms with van der Waals surface area (Å²) in [6.07, 6.45) is 0. The van der Waals surface area contributed by atoms with E-state index in [1.54, 1.807) is 11.7 Å². The lowest BCUT2D eigenvalue weighted by Gasteiger charge is -2.05. The molecule has 0 bridgehead atoms. The Morgan fingerprint density at radius 2 is 2.05 bits per heavy atom. The van der Waals surface area contributed by atoms with Crippen LogP contribution in [0, 0.1) is 12.7 Å². The third kappa shape index (κ3) is 2.00. The quantitative estimate of drug-likeness (QED) is 0.861. The lowest BCUT2D eigenvalue weighted by molar-refractivity contribution is -0.112. The topological polar surface area (TPSA) is 64.0 Å². The van der Waals surface area contributed by atoms with Crippen molar-refractivity contribution in [2.45, 2.75) is 16.8 Å². The normalized spacial score (nSPS) is 13.6. The van der Waals surface area contributed by atoms with Crippen molar-refractivity contribution in [1.29, 1.82) is 0 Å². The van der Waals surface area contributed by atoms with Crippen molar-refractivity contribution in [3.63, 3.8) is 0 Å². The van der Waals surface area contributed by atoms with Gasteiger partial charge in [-0.05, 0) is 25.1 Å². The Hall–Kier alpha value is -2.15. The zero-order valence-electron chi connectivity index (χ0n) is 10.7. The van der Waals surface area contributed by atoms with Crippen molar-refractivity contribution >= 4 is 29.1 Å². The van der Waals surface area contributed by atoms with Gasteiger partial charge in [-0.15, -0.1) is 0 Å². The number of Topliss-reactive ketones (excluding diaryl/α,β-unsaturated/α-hetero) is 1. The number of aryl methyl sites for hydroxylation is 2. The van der Waals surface area contributed by atoms with E-state index in [1.165, 1.54) is 17.8 Å². The second-order valence-corrected chi connectivity index (χ2v) is 5.52. The van der Waals surface area contributed by atoms with Crippen LogP contribution in [0.1, 0.15) is 16.1 Å². The molecule has 1 N–H and O–H groups in total. The molecule has 1 amide bonds. The van der Waals surface area contributed by atoms with E-state index in [4.69, 9.17) is 0 Å². The fourth-order valence-electron chi connectivity index (χ4n) is 2.02. The summed E-state index contributed by atoms with van der Waals surface area (Å²) in [5, 5.41) is 7.39. The number of benzene rings is 1. The van der Waals surface area contributed by atoms with Crippen molar-refractivity contribution < 1.29 is 14.0 Å². The van der Waals surface area contributed by atoms with E-state index < -0.39 is 17.5 Å². The first-order chi connectivity index (χ1) is 9.45. The third-order valence-corrected chi connectivity index (χ3v) is 4.07. The number of amides is 1. The summed E-state index contributed by atoms with van der Waals surface area (Å²) in [4.78, 5) is 23.1. The zero-order valence-corrected chi connectivity index (χ0v) is 11.5. The smallest absolute Gasteiger partial charge is 0.296 e. The Morgan fingerprint density at radius 1 is 1.30 bits per heavy atom. The molecule has 2 aromatic rings. The molecule has 0 saturated heterocycles. The number of nitrogens with one attached hydrogen (secondary N) is 1. The van der Waals surface area contributed by atoms with Gasteiger partial charge >= 0.3 is 0 Å². The number of carbonyl (C=O) groups excluding carboxylic acids is 2. The summed E-state index contributed by atoms with van der Waals surface area (Å²) in [5.74, 6) is -1.96. The minimum Gasteiger partial charge on any atom is -0.318 e. The summed E-state index contributed by atoms with van der Waals surface area (Å²) >= 11 is 1.19. The van der Waals surface area contributed by atoms with E-state index in [0.29, 0.717) is 10.6 Å². The van der Waals surface area contributed by atoms with E-state index in [1.807, 2.05) is 13.0 Å². The molecule has 0 fully saturated rings. The molecule has 1 aliphatic rings. The number of nitrogens with zero attached hydrogens (tertiary/aromatic N) is 2. The molecule has 102 valence electrons. The molecule has 0 aliphatic carbocycles. The molecule has 0 unspecified atom stereocenters. The number of fused-ring (bicyclic) bond motifs is 1. The average Bonchev–Trinajstić information content (AvgIpc) is 2.83. The van der Waals surface area contributed by atoms with Gasteiger partial charge < -0.3 is 5.32 Å². The molecular formula is C13H10FN3O2S. The summed E-state index contributed by atoms with van der Waals surface area (Å²) in [6.45, 7) is 1.85. The summed E-state index contributed by atoms with van der Waals surface area (Å²) < 4.78 is 15.7. The molecule has 7 heteroatoms. The van der Waals surface area contributed by atoms with Gasteiger partial charge in [-0.1, -0.05) is 11.8 Å². The molecular weight excluding hydrogens is 281 g/mol. The predicted molar refractivity (Wildman–Crippen MR) is 71.4 cm³/mol. The van der Waals surface area contributed by atoms with E-state index >= 15 is 0 Å². The van der Waals surface area contributed by atoms with E-state index in [9.17, 15) is 14.0 Å². The van der Waals surface area contributed by atoms with Crippen LogP contribution in [0.5, 0.6) is 0 Å². The minimum absolute atomic E-state index is 0.0815. The van der Waals surface area contributed by atoms with Crippen molar-refractivity contribution in [1.82, 2.24) is 9.78 Å². The fraction of sp³-hybridized carbons (Fsp3) is 0.154. The lowest BCUT2D eigenvalue weighted by Crippen LogP contribution is -2.12. The van der Waals surface area contributed by atoms with Gasteiger partial charge in [0.05, 0.1) is 26.9 Å². The second kappa shape index (κ2) is 4.45. The lowest BCUT2D eigenvalue weighted by atomic mass is 10.1. The molecule has 1 aliphatic heterocycles. The molecule has 0 radical (unpaired) electrons. The minimum atomic E-state index is -0.724. The van der Waals surface area contributed by atoms with Crippen LogP contribution >= 0.6 is 11.8 Å². The number of anilines is 1. The predicted octanol–water partition coefficient (Wildman–Crippen LogP) is 2.15. The number of hydrogen-bond acceptors (Lipinski definition) is 4. The van der Waals surface area contributed by atoms with Crippen molar-refractivity contribution in [3.05, 3.63) is 35.3 Å². The third-order valence-electron chi connectivity index (χ3n) is 2.94. The molecule has 0 spiro atoms. The molecule has 5 nitrogen and oxygen atoms in total. The Bertz CT molecular complexity index is 754. The Kier molecular flexibility index (Phi) is 2.86. The SMILES string of the molecule is Cc1cc(Sc2cc3c(cc2F)C(=O)C(=O)N3)n(C)n1. The molecule has 0 atom stereocenters. The summed E-state index contributed by atoms with van der Waals surface area (Å²) in [5.41, 5.74) is 1.26. The summed E-state index contributed by atoms with van der Waals surface area (Å²) in [7, 11) is 1.77. The molecule has 0 saturated carbocycles. The first-order valence-corrected chi connectivity index (χ1v) is 6.65. The summed E-state index contributed by atoms with van der Waals surface area (Å²) in [6, 6.07) is 4.41. The molecule has 1 aromatic carbocycles. The standard InChI is InChI=1S/C13H10FN3O2S/c1-6-3-11(17(2)16-6)20-10-5-9-7(4-8(10)14)12(18)13(19)15-9/h3-5H,1-2H3,(H,15,18,19). The Labute approximate surface area is 118 Å². The van der Waals surface area contributed by atoms with E-state index in [-0.39, 0.29) is 5.56 Å². The van der Waals surface area contributed by atoms with E-state index in [0.717, 1.165) is 16.8 Å². The van der Waals surface area contributed by atoms with Crippen molar-refractivity contribution in [2.24, 2.45) is 7.05 Å². The highest BCUT2D eigenvalue weighted by atomic mass is 32.2. The molecule has 2 heterocycles. The van der Waals surface area contributed by atoms with Crippen LogP contribution < -0.4 is 5.32 Å². The van der Waals surface area contributed by atoms with Gasteiger partial charge in [0, 0.05) is 7.05 Å². The molecule has 3 rings (SSSR count). The fourth-order valence-corrected chi connectivity index (χ4v) is 2.98. The highest BCUT2D eigenvalue weighted by Crippen LogP contribution is 2.35. The van der Waals surface area contributed by atoms with Crippen molar-refractivity contribution in [2.75, 3.05) is 5.32 Å². The van der Waals surface area contributed by atoms with Gasteiger partial charge in [0.1, 0.15) is 5.82 Å². The number of halogens is 1. The van der Waals surface area contributed by atoms with Crippen LogP contribution in [0.2, 0.25) is 0 Å². The van der Waals surface area contributed by atoms with Crippen LogP contribution in [0.15, 0.2) is 28.1 Å². The monoisotopic (exact) mass is 291 g/mol. The number of rotatable bonds is 2. The van der Waals surface area contributed by atoms with Crippen LogP contribution in [0.25, 0.3) is 0 Å². The van der Waals surface area contributed by atoms with E-state index in [2.05, 4.69) is 10.4 Å². The second-order valence-electron chi connectivity index (χ2n) is 4.46. The maximum atomic E-state index is 14.0. The van der Waals surface area contributed by atoms with Gasteiger partial charge in [0.25, 0.3) is 11.7 Å². The number of carbonyl (C=O) groups is 2. The first kappa shape index (κ1) is 12.9. The average molecular weight is 291 g/mol. The van der Waals surface area contributed by atoms with Crippen LogP contribution in [0.4, 0.5) is 10.1 Å². The molecule has 20 heavy (non-hydrogen) atoms. The van der Waals surface area contributed by atoms with Crippen LogP contribution in [0.3, 0.4) is 0 Å². The highest BCUT2D eigenvalue weighted by molar-refractivity contribution is 7.99. The van der Waals surface area contributed by atoms with Crippen LogP contribution in [-0.4, -0.2) is 21.5 Å². The van der Waals surface area contributed by atoms with Gasteiger partial charge in [0.15, 0.2) is 0 Å². The van der Waals surface area contributed by atoms with Crippen LogP contribution in [-0.2, 0) is 11.8 Å². The Balaban J connectivity index is 2.00. The molecule has 1 aromatic heterocycles. The number of ketones is 1. The van der Waals surface area contributed by atoms with Crippen molar-refractivity contribution in [3.8, 4) is 0 Å². The Morgan fingerprint density at radius 3 is 2.70 bits per heavy atom. The number of aromatic nitrogens is 2.